The normalized spacial score (nSPS) is 22.7. The van der Waals surface area contributed by atoms with Crippen molar-refractivity contribution in [3.63, 3.8) is 0 Å². The minimum Gasteiger partial charge on any atom is -0.355 e. The van der Waals surface area contributed by atoms with Crippen LogP contribution in [-0.2, 0) is 4.79 Å². The molecule has 1 aliphatic heterocycles. The summed E-state index contributed by atoms with van der Waals surface area (Å²) in [6, 6.07) is 0. The van der Waals surface area contributed by atoms with Crippen LogP contribution >= 0.6 is 12.4 Å². The molecule has 1 atom stereocenters. The molecule has 1 amide bonds. The van der Waals surface area contributed by atoms with Crippen molar-refractivity contribution in [3.8, 4) is 0 Å². The van der Waals surface area contributed by atoms with E-state index in [2.05, 4.69) is 17.6 Å². The Balaban J connectivity index is 0.00000162. The minimum absolute atomic E-state index is 0. The summed E-state index contributed by atoms with van der Waals surface area (Å²) < 4.78 is 0. The molecule has 1 unspecified atom stereocenters. The van der Waals surface area contributed by atoms with Crippen LogP contribution in [0.15, 0.2) is 0 Å². The Morgan fingerprint density at radius 1 is 1.22 bits per heavy atom. The molecule has 3 nitrogen and oxygen atoms in total. The Bertz CT molecular complexity index is 250. The van der Waals surface area contributed by atoms with Gasteiger partial charge in [0, 0.05) is 31.5 Å². The first-order valence-corrected chi connectivity index (χ1v) is 7.24. The molecule has 0 bridgehead atoms. The minimum atomic E-state index is 0. The largest absolute Gasteiger partial charge is 0.355 e. The van der Waals surface area contributed by atoms with Crippen LogP contribution in [0.5, 0.6) is 0 Å². The molecule has 0 spiro atoms. The monoisotopic (exact) mass is 274 g/mol. The highest BCUT2D eigenvalue weighted by Gasteiger charge is 2.22. The van der Waals surface area contributed by atoms with E-state index in [1.807, 2.05) is 0 Å². The van der Waals surface area contributed by atoms with Gasteiger partial charge in [-0.3, -0.25) is 4.79 Å². The van der Waals surface area contributed by atoms with Crippen LogP contribution in [0.1, 0.15) is 45.4 Å². The summed E-state index contributed by atoms with van der Waals surface area (Å²) in [7, 11) is 0. The van der Waals surface area contributed by atoms with E-state index in [1.54, 1.807) is 0 Å². The van der Waals surface area contributed by atoms with E-state index in [0.717, 1.165) is 32.0 Å². The lowest BCUT2D eigenvalue weighted by molar-refractivity contribution is -0.125. The van der Waals surface area contributed by atoms with Crippen LogP contribution in [0.2, 0.25) is 0 Å². The molecule has 106 valence electrons. The van der Waals surface area contributed by atoms with Crippen molar-refractivity contribution in [2.24, 2.45) is 17.8 Å². The average Bonchev–Trinajstić information content (AvgIpc) is 2.28. The van der Waals surface area contributed by atoms with Gasteiger partial charge in [0.15, 0.2) is 0 Å². The smallest absolute Gasteiger partial charge is 0.222 e. The summed E-state index contributed by atoms with van der Waals surface area (Å²) >= 11 is 0. The second-order valence-corrected chi connectivity index (χ2v) is 5.91. The molecule has 1 aliphatic carbocycles. The number of hydrogen-bond acceptors (Lipinski definition) is 2. The van der Waals surface area contributed by atoms with Gasteiger partial charge in [-0.1, -0.05) is 39.0 Å². The van der Waals surface area contributed by atoms with Crippen molar-refractivity contribution < 1.29 is 4.79 Å². The molecule has 0 aromatic heterocycles. The Morgan fingerprint density at radius 2 is 1.89 bits per heavy atom. The van der Waals surface area contributed by atoms with Gasteiger partial charge in [-0.15, -0.1) is 12.4 Å². The average molecular weight is 275 g/mol. The zero-order valence-corrected chi connectivity index (χ0v) is 12.2. The number of hydrogen-bond donors (Lipinski definition) is 2. The second-order valence-electron chi connectivity index (χ2n) is 5.91. The number of rotatable bonds is 5. The molecule has 1 saturated carbocycles. The molecule has 0 radical (unpaired) electrons. The van der Waals surface area contributed by atoms with Gasteiger partial charge >= 0.3 is 0 Å². The molecule has 4 heteroatoms. The Hall–Kier alpha value is -0.280. The van der Waals surface area contributed by atoms with Gasteiger partial charge in [-0.25, -0.2) is 0 Å². The van der Waals surface area contributed by atoms with E-state index < -0.39 is 0 Å². The van der Waals surface area contributed by atoms with Crippen molar-refractivity contribution in [2.45, 2.75) is 45.4 Å². The zero-order chi connectivity index (χ0) is 12.1. The maximum atomic E-state index is 11.9. The van der Waals surface area contributed by atoms with Crippen LogP contribution in [0, 0.1) is 17.8 Å². The van der Waals surface area contributed by atoms with E-state index >= 15 is 0 Å². The third-order valence-corrected chi connectivity index (χ3v) is 4.29. The molecular weight excluding hydrogens is 248 g/mol. The SMILES string of the molecule is CC(CC1CCCCC1)C(=O)NCC1CNC1.Cl. The van der Waals surface area contributed by atoms with Gasteiger partial charge in [0.25, 0.3) is 0 Å². The van der Waals surface area contributed by atoms with Crippen LogP contribution < -0.4 is 10.6 Å². The van der Waals surface area contributed by atoms with Crippen molar-refractivity contribution in [1.82, 2.24) is 10.6 Å². The van der Waals surface area contributed by atoms with E-state index in [1.165, 1.54) is 32.1 Å². The fraction of sp³-hybridized carbons (Fsp3) is 0.929. The number of carbonyl (C=O) groups excluding carboxylic acids is 1. The van der Waals surface area contributed by atoms with Gasteiger partial charge in [-0.2, -0.15) is 0 Å². The summed E-state index contributed by atoms with van der Waals surface area (Å²) in [6.07, 6.45) is 7.90. The molecule has 2 rings (SSSR count). The molecule has 0 aromatic carbocycles. The van der Waals surface area contributed by atoms with Crippen molar-refractivity contribution >= 4 is 18.3 Å². The topological polar surface area (TPSA) is 41.1 Å². The van der Waals surface area contributed by atoms with Gasteiger partial charge in [0.05, 0.1) is 0 Å². The van der Waals surface area contributed by atoms with Gasteiger partial charge in [0.1, 0.15) is 0 Å². The summed E-state index contributed by atoms with van der Waals surface area (Å²) in [4.78, 5) is 11.9. The highest BCUT2D eigenvalue weighted by atomic mass is 35.5. The lowest BCUT2D eigenvalue weighted by Crippen LogP contribution is -2.48. The summed E-state index contributed by atoms with van der Waals surface area (Å²) in [5, 5.41) is 6.32. The summed E-state index contributed by atoms with van der Waals surface area (Å²) in [5.74, 6) is 1.93. The lowest BCUT2D eigenvalue weighted by atomic mass is 9.83. The second kappa shape index (κ2) is 8.00. The molecule has 2 fully saturated rings. The quantitative estimate of drug-likeness (QED) is 0.808. The van der Waals surface area contributed by atoms with E-state index in [-0.39, 0.29) is 24.2 Å². The first-order chi connectivity index (χ1) is 8.25. The first kappa shape index (κ1) is 15.8. The third kappa shape index (κ3) is 4.77. The Labute approximate surface area is 117 Å². The molecule has 1 heterocycles. The molecule has 2 aliphatic rings. The standard InChI is InChI=1S/C14H26N2O.ClH/c1-11(7-12-5-3-2-4-6-12)14(17)16-10-13-8-15-9-13;/h11-13,15H,2-10H2,1H3,(H,16,17);1H. The summed E-state index contributed by atoms with van der Waals surface area (Å²) in [5.41, 5.74) is 0. The van der Waals surface area contributed by atoms with Gasteiger partial charge < -0.3 is 10.6 Å². The number of amides is 1. The predicted octanol–water partition coefficient (Wildman–Crippen LogP) is 2.35. The van der Waals surface area contributed by atoms with Gasteiger partial charge in [-0.05, 0) is 12.3 Å². The van der Waals surface area contributed by atoms with Crippen molar-refractivity contribution in [2.75, 3.05) is 19.6 Å². The molecule has 18 heavy (non-hydrogen) atoms. The third-order valence-electron chi connectivity index (χ3n) is 4.29. The number of halogens is 1. The Kier molecular flexibility index (Phi) is 7.02. The molecule has 2 N–H and O–H groups in total. The van der Waals surface area contributed by atoms with Crippen LogP contribution in [0.3, 0.4) is 0 Å². The fourth-order valence-corrected chi connectivity index (χ4v) is 2.94. The van der Waals surface area contributed by atoms with Crippen LogP contribution in [-0.4, -0.2) is 25.5 Å². The molecule has 0 aromatic rings. The zero-order valence-electron chi connectivity index (χ0n) is 11.4. The predicted molar refractivity (Wildman–Crippen MR) is 77.0 cm³/mol. The van der Waals surface area contributed by atoms with Crippen molar-refractivity contribution in [1.29, 1.82) is 0 Å². The fourth-order valence-electron chi connectivity index (χ4n) is 2.94. The van der Waals surface area contributed by atoms with E-state index in [9.17, 15) is 4.79 Å². The maximum absolute atomic E-state index is 11.9. The Morgan fingerprint density at radius 3 is 2.44 bits per heavy atom. The highest BCUT2D eigenvalue weighted by molar-refractivity contribution is 5.85. The maximum Gasteiger partial charge on any atom is 0.222 e. The lowest BCUT2D eigenvalue weighted by Gasteiger charge is -2.28. The van der Waals surface area contributed by atoms with E-state index in [4.69, 9.17) is 0 Å². The summed E-state index contributed by atoms with van der Waals surface area (Å²) in [6.45, 7) is 5.08. The van der Waals surface area contributed by atoms with Gasteiger partial charge in [0.2, 0.25) is 5.91 Å². The molecular formula is C14H27ClN2O. The van der Waals surface area contributed by atoms with Crippen LogP contribution in [0.4, 0.5) is 0 Å². The number of nitrogens with one attached hydrogen (secondary N) is 2. The van der Waals surface area contributed by atoms with E-state index in [0.29, 0.717) is 5.92 Å². The van der Waals surface area contributed by atoms with Crippen molar-refractivity contribution in [3.05, 3.63) is 0 Å². The number of carbonyl (C=O) groups is 1. The van der Waals surface area contributed by atoms with Crippen LogP contribution in [0.25, 0.3) is 0 Å². The highest BCUT2D eigenvalue weighted by Crippen LogP contribution is 2.28. The first-order valence-electron chi connectivity index (χ1n) is 7.24. The molecule has 1 saturated heterocycles.